The van der Waals surface area contributed by atoms with Crippen molar-refractivity contribution in [2.75, 3.05) is 13.7 Å². The first-order chi connectivity index (χ1) is 14.1. The number of benzene rings is 2. The Hall–Kier alpha value is -2.63. The SMILES string of the molecule is CCCOc1ccc(/C2=N/C(OC)=N\C(c3cc(CO)ccc3Cl)=C\CC2)cc1. The average Bonchev–Trinajstić information content (AvgIpc) is 2.73. The summed E-state index contributed by atoms with van der Waals surface area (Å²) in [6.45, 7) is 2.73. The molecule has 1 N–H and O–H groups in total. The van der Waals surface area contributed by atoms with E-state index in [1.54, 1.807) is 19.2 Å². The lowest BCUT2D eigenvalue weighted by Gasteiger charge is -2.13. The molecule has 1 aliphatic rings. The molecule has 1 heterocycles. The van der Waals surface area contributed by atoms with Crippen molar-refractivity contribution in [3.63, 3.8) is 0 Å². The molecule has 29 heavy (non-hydrogen) atoms. The van der Waals surface area contributed by atoms with E-state index in [4.69, 9.17) is 21.1 Å². The number of amidine groups is 1. The molecule has 1 aliphatic heterocycles. The Morgan fingerprint density at radius 1 is 1.10 bits per heavy atom. The minimum atomic E-state index is -0.0570. The maximum absolute atomic E-state index is 9.42. The zero-order valence-corrected chi connectivity index (χ0v) is 17.4. The van der Waals surface area contributed by atoms with E-state index in [0.29, 0.717) is 17.3 Å². The van der Waals surface area contributed by atoms with Crippen LogP contribution in [0.1, 0.15) is 42.9 Å². The zero-order valence-electron chi connectivity index (χ0n) is 16.7. The lowest BCUT2D eigenvalue weighted by atomic mass is 10.0. The van der Waals surface area contributed by atoms with Gasteiger partial charge in [-0.15, -0.1) is 0 Å². The van der Waals surface area contributed by atoms with E-state index in [2.05, 4.69) is 16.9 Å². The number of ether oxygens (including phenoxy) is 2. The summed E-state index contributed by atoms with van der Waals surface area (Å²) in [6, 6.07) is 13.6. The van der Waals surface area contributed by atoms with Gasteiger partial charge in [0.15, 0.2) is 0 Å². The van der Waals surface area contributed by atoms with Gasteiger partial charge in [0.1, 0.15) is 5.75 Å². The number of rotatable bonds is 6. The van der Waals surface area contributed by atoms with Crippen molar-refractivity contribution in [2.45, 2.75) is 32.8 Å². The fraction of sp³-hybridized carbons (Fsp3) is 0.304. The van der Waals surface area contributed by atoms with E-state index in [1.807, 2.05) is 36.4 Å². The molecule has 0 atom stereocenters. The fourth-order valence-corrected chi connectivity index (χ4v) is 3.21. The number of aliphatic hydroxyl groups excluding tert-OH is 1. The third-order valence-electron chi connectivity index (χ3n) is 4.50. The van der Waals surface area contributed by atoms with Crippen molar-refractivity contribution in [3.05, 3.63) is 70.3 Å². The number of methoxy groups -OCH3 is 1. The van der Waals surface area contributed by atoms with Crippen LogP contribution in [0.25, 0.3) is 5.70 Å². The highest BCUT2D eigenvalue weighted by molar-refractivity contribution is 6.32. The standard InChI is InChI=1S/C23H25ClN2O3/c1-3-13-29-18-10-8-17(9-11-18)21-5-4-6-22(26-23(25-21)28-2)19-14-16(15-27)7-12-20(19)24/h6-12,14,27H,3-5,13,15H2,1-2H3/b22-6+,25-21+,26-23+. The number of aliphatic hydroxyl groups is 1. The van der Waals surface area contributed by atoms with Gasteiger partial charge in [0.25, 0.3) is 0 Å². The normalized spacial score (nSPS) is 19.7. The molecule has 152 valence electrons. The van der Waals surface area contributed by atoms with Crippen LogP contribution in [0.3, 0.4) is 0 Å². The molecule has 2 aromatic carbocycles. The van der Waals surface area contributed by atoms with Crippen molar-refractivity contribution < 1.29 is 14.6 Å². The highest BCUT2D eigenvalue weighted by Crippen LogP contribution is 2.28. The first-order valence-electron chi connectivity index (χ1n) is 9.68. The Kier molecular flexibility index (Phi) is 7.44. The van der Waals surface area contributed by atoms with E-state index < -0.39 is 0 Å². The third-order valence-corrected chi connectivity index (χ3v) is 4.83. The van der Waals surface area contributed by atoms with Crippen molar-refractivity contribution >= 4 is 29.0 Å². The monoisotopic (exact) mass is 412 g/mol. The molecule has 2 aromatic rings. The molecular formula is C23H25ClN2O3. The summed E-state index contributed by atoms with van der Waals surface area (Å²) in [5, 5.41) is 9.99. The van der Waals surface area contributed by atoms with Gasteiger partial charge in [0.2, 0.25) is 0 Å². The summed E-state index contributed by atoms with van der Waals surface area (Å²) < 4.78 is 11.1. The van der Waals surface area contributed by atoms with Gasteiger partial charge in [-0.3, -0.25) is 0 Å². The van der Waals surface area contributed by atoms with Gasteiger partial charge in [0.05, 0.1) is 31.7 Å². The first-order valence-corrected chi connectivity index (χ1v) is 10.1. The van der Waals surface area contributed by atoms with Crippen LogP contribution in [0.2, 0.25) is 5.02 Å². The molecule has 6 heteroatoms. The van der Waals surface area contributed by atoms with E-state index in [0.717, 1.165) is 47.4 Å². The minimum Gasteiger partial charge on any atom is -0.494 e. The third kappa shape index (κ3) is 5.46. The van der Waals surface area contributed by atoms with Crippen LogP contribution in [0.15, 0.2) is 58.5 Å². The summed E-state index contributed by atoms with van der Waals surface area (Å²) in [7, 11) is 1.55. The number of hydrogen-bond donors (Lipinski definition) is 1. The molecular weight excluding hydrogens is 388 g/mol. The Morgan fingerprint density at radius 3 is 2.59 bits per heavy atom. The molecule has 0 amide bonds. The molecule has 0 spiro atoms. The second kappa shape index (κ2) is 10.2. The zero-order chi connectivity index (χ0) is 20.6. The van der Waals surface area contributed by atoms with Crippen LogP contribution < -0.4 is 4.74 Å². The van der Waals surface area contributed by atoms with Gasteiger partial charge in [-0.25, -0.2) is 0 Å². The highest BCUT2D eigenvalue weighted by atomic mass is 35.5. The Bertz CT molecular complexity index is 934. The largest absolute Gasteiger partial charge is 0.494 e. The van der Waals surface area contributed by atoms with Gasteiger partial charge in [-0.05, 0) is 66.8 Å². The van der Waals surface area contributed by atoms with Gasteiger partial charge in [-0.1, -0.05) is 30.7 Å². The topological polar surface area (TPSA) is 63.4 Å². The summed E-state index contributed by atoms with van der Waals surface area (Å²) in [5.41, 5.74) is 4.13. The second-order valence-electron chi connectivity index (χ2n) is 6.63. The van der Waals surface area contributed by atoms with Gasteiger partial charge >= 0.3 is 6.02 Å². The van der Waals surface area contributed by atoms with Crippen LogP contribution in [0, 0.1) is 0 Å². The Morgan fingerprint density at radius 2 is 1.90 bits per heavy atom. The molecule has 3 rings (SSSR count). The van der Waals surface area contributed by atoms with Crippen LogP contribution in [0.4, 0.5) is 0 Å². The van der Waals surface area contributed by atoms with Crippen molar-refractivity contribution in [3.8, 4) is 5.75 Å². The maximum atomic E-state index is 9.42. The fourth-order valence-electron chi connectivity index (χ4n) is 2.99. The molecule has 0 saturated carbocycles. The number of halogens is 1. The smallest absolute Gasteiger partial charge is 0.316 e. The quantitative estimate of drug-likeness (QED) is 0.704. The van der Waals surface area contributed by atoms with Crippen LogP contribution in [-0.4, -0.2) is 30.6 Å². The lowest BCUT2D eigenvalue weighted by Crippen LogP contribution is -2.09. The predicted octanol–water partition coefficient (Wildman–Crippen LogP) is 5.25. The highest BCUT2D eigenvalue weighted by Gasteiger charge is 2.14. The molecule has 5 nitrogen and oxygen atoms in total. The van der Waals surface area contributed by atoms with Crippen LogP contribution in [0.5, 0.6) is 5.75 Å². The number of nitrogens with zero attached hydrogens (tertiary/aromatic N) is 2. The van der Waals surface area contributed by atoms with Gasteiger partial charge < -0.3 is 14.6 Å². The molecule has 0 radical (unpaired) electrons. The van der Waals surface area contributed by atoms with Gasteiger partial charge in [-0.2, -0.15) is 9.98 Å². The molecule has 0 saturated heterocycles. The molecule has 0 aliphatic carbocycles. The number of aliphatic imine (C=N–C) groups is 2. The van der Waals surface area contributed by atoms with E-state index >= 15 is 0 Å². The summed E-state index contributed by atoms with van der Waals surface area (Å²) in [5.74, 6) is 0.850. The lowest BCUT2D eigenvalue weighted by molar-refractivity contribution is 0.282. The summed E-state index contributed by atoms with van der Waals surface area (Å²) >= 11 is 6.37. The van der Waals surface area contributed by atoms with E-state index in [-0.39, 0.29) is 12.6 Å². The molecule has 0 unspecified atom stereocenters. The number of allylic oxidation sites excluding steroid dienone is 1. The number of hydrogen-bond acceptors (Lipinski definition) is 5. The molecule has 0 fully saturated rings. The summed E-state index contributed by atoms with van der Waals surface area (Å²) in [6.07, 6.45) is 4.48. The van der Waals surface area contributed by atoms with Crippen molar-refractivity contribution in [2.24, 2.45) is 9.98 Å². The average molecular weight is 413 g/mol. The molecule has 0 bridgehead atoms. The minimum absolute atomic E-state index is 0.0570. The Balaban J connectivity index is 1.89. The van der Waals surface area contributed by atoms with Crippen LogP contribution in [-0.2, 0) is 11.3 Å². The Labute approximate surface area is 176 Å². The van der Waals surface area contributed by atoms with Gasteiger partial charge in [0, 0.05) is 10.6 Å². The van der Waals surface area contributed by atoms with Crippen molar-refractivity contribution in [1.82, 2.24) is 0 Å². The summed E-state index contributed by atoms with van der Waals surface area (Å²) in [4.78, 5) is 9.21. The van der Waals surface area contributed by atoms with Crippen molar-refractivity contribution in [1.29, 1.82) is 0 Å². The van der Waals surface area contributed by atoms with E-state index in [9.17, 15) is 5.11 Å². The predicted molar refractivity (Wildman–Crippen MR) is 118 cm³/mol. The van der Waals surface area contributed by atoms with E-state index in [1.165, 1.54) is 0 Å². The first kappa shape index (κ1) is 21.1. The maximum Gasteiger partial charge on any atom is 0.316 e. The molecule has 0 aromatic heterocycles. The van der Waals surface area contributed by atoms with Crippen LogP contribution >= 0.6 is 11.6 Å². The second-order valence-corrected chi connectivity index (χ2v) is 7.04.